The summed E-state index contributed by atoms with van der Waals surface area (Å²) in [5, 5.41) is 5.40. The summed E-state index contributed by atoms with van der Waals surface area (Å²) >= 11 is 0. The van der Waals surface area contributed by atoms with Crippen LogP contribution in [0.4, 0.5) is 0 Å². The number of benzene rings is 1. The van der Waals surface area contributed by atoms with Crippen molar-refractivity contribution in [1.82, 2.24) is 9.88 Å². The lowest BCUT2D eigenvalue weighted by Gasteiger charge is -2.29. The summed E-state index contributed by atoms with van der Waals surface area (Å²) in [6.45, 7) is 20.5. The first kappa shape index (κ1) is 32.4. The van der Waals surface area contributed by atoms with Crippen LogP contribution in [0.2, 0.25) is 0 Å². The maximum atomic E-state index is 6.27. The molecule has 0 fully saturated rings. The summed E-state index contributed by atoms with van der Waals surface area (Å²) in [5.74, 6) is 2.25. The molecule has 7 heteroatoms. The van der Waals surface area contributed by atoms with Gasteiger partial charge < -0.3 is 30.8 Å². The fourth-order valence-electron chi connectivity index (χ4n) is 4.36. The van der Waals surface area contributed by atoms with Crippen molar-refractivity contribution in [3.05, 3.63) is 52.2 Å². The molecule has 5 N–H and O–H groups in total. The van der Waals surface area contributed by atoms with Crippen molar-refractivity contribution in [3.63, 3.8) is 0 Å². The van der Waals surface area contributed by atoms with E-state index in [4.69, 9.17) is 25.9 Å². The number of methoxy groups -OCH3 is 1. The molecule has 0 saturated heterocycles. The maximum absolute atomic E-state index is 6.27. The van der Waals surface area contributed by atoms with E-state index >= 15 is 0 Å². The second-order valence-electron chi connectivity index (χ2n) is 11.9. The third kappa shape index (κ3) is 9.73. The average Bonchev–Trinajstić information content (AvgIpc) is 3.25. The minimum absolute atomic E-state index is 0.0366. The largest absolute Gasteiger partial charge is 0.496 e. The summed E-state index contributed by atoms with van der Waals surface area (Å²) in [6.07, 6.45) is 7.18. The summed E-state index contributed by atoms with van der Waals surface area (Å²) in [6, 6.07) is 8.48. The number of amidine groups is 1. The Labute approximate surface area is 236 Å². The second-order valence-corrected chi connectivity index (χ2v) is 11.9. The van der Waals surface area contributed by atoms with Crippen LogP contribution >= 0.6 is 0 Å². The van der Waals surface area contributed by atoms with Crippen molar-refractivity contribution in [1.29, 1.82) is 0 Å². The zero-order valence-electron chi connectivity index (χ0n) is 25.5. The molecule has 2 rings (SSSR count). The first-order valence-corrected chi connectivity index (χ1v) is 14.4. The van der Waals surface area contributed by atoms with Gasteiger partial charge in [-0.3, -0.25) is 0 Å². The molecule has 0 unspecified atom stereocenters. The minimum Gasteiger partial charge on any atom is -0.496 e. The van der Waals surface area contributed by atoms with Crippen LogP contribution in [0.15, 0.2) is 35.5 Å². The van der Waals surface area contributed by atoms with Gasteiger partial charge in [-0.05, 0) is 42.3 Å². The molecule has 0 spiro atoms. The fraction of sp³-hybridized carbons (Fsp3) is 0.594. The molecule has 0 aliphatic rings. The number of aliphatic imine (C=N–C) groups is 1. The monoisotopic (exact) mass is 539 g/mol. The van der Waals surface area contributed by atoms with Crippen molar-refractivity contribution >= 4 is 18.2 Å². The van der Waals surface area contributed by atoms with E-state index in [1.807, 2.05) is 6.07 Å². The normalized spacial score (nSPS) is 13.5. The van der Waals surface area contributed by atoms with E-state index in [0.29, 0.717) is 32.1 Å². The minimum atomic E-state index is -0.176. The Morgan fingerprint density at radius 1 is 1.08 bits per heavy atom. The zero-order chi connectivity index (χ0) is 29.1. The predicted octanol–water partition coefficient (Wildman–Crippen LogP) is 4.24. The molecule has 0 atom stereocenters. The van der Waals surface area contributed by atoms with Gasteiger partial charge in [0.2, 0.25) is 0 Å². The molecule has 2 aromatic rings. The molecule has 0 aliphatic heterocycles. The standard InChI is InChI=1S/C32H53N5O2/c1-9-11-12-17-35-30(36-28(34)13-10-2)29-24(3)16-18-37(29)20-25-14-15-26(19-27(25)38-8)32(6,7)23-39-22-31(4,5)21-33/h14-16,18-19,35H,3,9-13,17,20-23,33H2,1-2,4-8H3,(H2,34,36)/b30-29+. The molecule has 1 aromatic heterocycles. The third-order valence-electron chi connectivity index (χ3n) is 7.02. The van der Waals surface area contributed by atoms with Gasteiger partial charge in [-0.25, -0.2) is 4.99 Å². The van der Waals surface area contributed by atoms with Crippen LogP contribution in [0.3, 0.4) is 0 Å². The highest BCUT2D eigenvalue weighted by Crippen LogP contribution is 2.30. The van der Waals surface area contributed by atoms with Gasteiger partial charge in [0.25, 0.3) is 0 Å². The lowest BCUT2D eigenvalue weighted by Crippen LogP contribution is -2.36. The topological polar surface area (TPSA) is 99.8 Å². The van der Waals surface area contributed by atoms with E-state index in [1.165, 1.54) is 18.4 Å². The van der Waals surface area contributed by atoms with E-state index in [9.17, 15) is 0 Å². The molecule has 1 aromatic carbocycles. The van der Waals surface area contributed by atoms with E-state index < -0.39 is 0 Å². The Morgan fingerprint density at radius 2 is 1.82 bits per heavy atom. The van der Waals surface area contributed by atoms with E-state index in [1.54, 1.807) is 7.11 Å². The van der Waals surface area contributed by atoms with Crippen LogP contribution in [0.25, 0.3) is 12.4 Å². The number of unbranched alkanes of at least 4 members (excludes halogenated alkanes) is 2. The first-order chi connectivity index (χ1) is 18.5. The van der Waals surface area contributed by atoms with Crippen molar-refractivity contribution < 1.29 is 9.47 Å². The van der Waals surface area contributed by atoms with Crippen LogP contribution in [-0.4, -0.2) is 43.8 Å². The molecule has 218 valence electrons. The Hall–Kier alpha value is -2.77. The van der Waals surface area contributed by atoms with Gasteiger partial charge in [0.1, 0.15) is 11.6 Å². The fourth-order valence-corrected chi connectivity index (χ4v) is 4.36. The van der Waals surface area contributed by atoms with E-state index in [0.717, 1.165) is 53.5 Å². The SMILES string of the molecule is C=c1ccn(Cc2ccc(C(C)(C)COCC(C)(C)CN)cc2OC)/c1=C(/N=C(/N)CCC)NCCCCC. The average molecular weight is 540 g/mol. The van der Waals surface area contributed by atoms with Crippen molar-refractivity contribution in [2.75, 3.05) is 33.4 Å². The number of nitrogens with two attached hydrogens (primary N) is 2. The summed E-state index contributed by atoms with van der Waals surface area (Å²) < 4.78 is 14.1. The lowest BCUT2D eigenvalue weighted by molar-refractivity contribution is 0.0404. The summed E-state index contributed by atoms with van der Waals surface area (Å²) in [5.41, 5.74) is 14.2. The van der Waals surface area contributed by atoms with Gasteiger partial charge in [0.05, 0.1) is 32.2 Å². The Balaban J connectivity index is 2.40. The lowest BCUT2D eigenvalue weighted by atomic mass is 9.84. The molecule has 1 heterocycles. The highest BCUT2D eigenvalue weighted by molar-refractivity contribution is 5.83. The molecule has 0 amide bonds. The van der Waals surface area contributed by atoms with Crippen LogP contribution in [-0.2, 0) is 16.7 Å². The number of hydrogen-bond donors (Lipinski definition) is 3. The Kier molecular flexibility index (Phi) is 12.6. The molecule has 0 aliphatic carbocycles. The quantitative estimate of drug-likeness (QED) is 0.159. The number of nitrogens with one attached hydrogen (secondary N) is 1. The molecule has 0 saturated carbocycles. The number of rotatable bonds is 17. The zero-order valence-corrected chi connectivity index (χ0v) is 25.5. The smallest absolute Gasteiger partial charge is 0.152 e. The number of hydrogen-bond acceptors (Lipinski definition) is 5. The van der Waals surface area contributed by atoms with Gasteiger partial charge in [0, 0.05) is 35.6 Å². The molecule has 0 radical (unpaired) electrons. The number of ether oxygens (including phenoxy) is 2. The summed E-state index contributed by atoms with van der Waals surface area (Å²) in [7, 11) is 1.72. The second kappa shape index (κ2) is 15.1. The van der Waals surface area contributed by atoms with Crippen LogP contribution in [0.1, 0.15) is 84.8 Å². The highest BCUT2D eigenvalue weighted by Gasteiger charge is 2.24. The molecular weight excluding hydrogens is 486 g/mol. The van der Waals surface area contributed by atoms with E-state index in [2.05, 4.69) is 82.4 Å². The van der Waals surface area contributed by atoms with Gasteiger partial charge in [-0.15, -0.1) is 0 Å². The first-order valence-electron chi connectivity index (χ1n) is 14.4. The highest BCUT2D eigenvalue weighted by atomic mass is 16.5. The van der Waals surface area contributed by atoms with Gasteiger partial charge in [0.15, 0.2) is 5.82 Å². The van der Waals surface area contributed by atoms with E-state index in [-0.39, 0.29) is 10.8 Å². The molecule has 39 heavy (non-hydrogen) atoms. The van der Waals surface area contributed by atoms with Crippen molar-refractivity contribution in [2.45, 2.75) is 85.6 Å². The molecule has 0 bridgehead atoms. The van der Waals surface area contributed by atoms with Crippen molar-refractivity contribution in [3.8, 4) is 5.75 Å². The van der Waals surface area contributed by atoms with Gasteiger partial charge in [-0.2, -0.15) is 0 Å². The van der Waals surface area contributed by atoms with Crippen LogP contribution in [0.5, 0.6) is 5.75 Å². The van der Waals surface area contributed by atoms with Gasteiger partial charge in [-0.1, -0.05) is 73.1 Å². The van der Waals surface area contributed by atoms with Crippen molar-refractivity contribution in [2.24, 2.45) is 21.9 Å². The Morgan fingerprint density at radius 3 is 2.46 bits per heavy atom. The number of nitrogens with zero attached hydrogens (tertiary/aromatic N) is 2. The summed E-state index contributed by atoms with van der Waals surface area (Å²) in [4.78, 5) is 4.80. The van der Waals surface area contributed by atoms with Crippen LogP contribution < -0.4 is 32.1 Å². The number of aromatic nitrogens is 1. The third-order valence-corrected chi connectivity index (χ3v) is 7.02. The molecular formula is C32H53N5O2. The Bertz CT molecular complexity index is 1180. The maximum Gasteiger partial charge on any atom is 0.152 e. The predicted molar refractivity (Wildman–Crippen MR) is 165 cm³/mol. The van der Waals surface area contributed by atoms with Crippen LogP contribution in [0, 0.1) is 5.41 Å². The molecule has 7 nitrogen and oxygen atoms in total. The van der Waals surface area contributed by atoms with Gasteiger partial charge >= 0.3 is 0 Å².